The molecule has 0 heterocycles. The average Bonchev–Trinajstić information content (AvgIpc) is 2.78. The Morgan fingerprint density at radius 3 is 2.30 bits per heavy atom. The fraction of sp³-hybridized carbons (Fsp3) is 0.640. The van der Waals surface area contributed by atoms with Gasteiger partial charge in [-0.1, -0.05) is 19.1 Å². The van der Waals surface area contributed by atoms with E-state index in [0.717, 1.165) is 57.1 Å². The van der Waals surface area contributed by atoms with Gasteiger partial charge in [0.25, 0.3) is 0 Å². The summed E-state index contributed by atoms with van der Waals surface area (Å²) in [6, 6.07) is 8.62. The minimum absolute atomic E-state index is 0.168. The van der Waals surface area contributed by atoms with Gasteiger partial charge in [0.05, 0.1) is 12.4 Å². The van der Waals surface area contributed by atoms with E-state index in [1.165, 1.54) is 5.56 Å². The number of carbonyl (C=O) groups excluding carboxylic acids is 1. The number of hydrogen-bond acceptors (Lipinski definition) is 3. The summed E-state index contributed by atoms with van der Waals surface area (Å²) in [4.78, 5) is 13.0. The molecule has 4 nitrogen and oxygen atoms in total. The number of nitrogens with one attached hydrogen (secondary N) is 1. The van der Waals surface area contributed by atoms with Crippen molar-refractivity contribution >= 4 is 5.91 Å². The Kier molecular flexibility index (Phi) is 6.19. The number of fused-ring (bicyclic) bond motifs is 3. The maximum absolute atomic E-state index is 13.0. The fourth-order valence-corrected chi connectivity index (χ4v) is 5.47. The van der Waals surface area contributed by atoms with Crippen molar-refractivity contribution in [1.82, 2.24) is 5.32 Å². The molecule has 30 heavy (non-hydrogen) atoms. The maximum Gasteiger partial charge on any atom is 0.226 e. The summed E-state index contributed by atoms with van der Waals surface area (Å²) < 4.78 is 23.8. The third-order valence-electron chi connectivity index (χ3n) is 7.99. The first kappa shape index (κ1) is 21.4. The molecule has 4 aliphatic rings. The summed E-state index contributed by atoms with van der Waals surface area (Å²) in [5, 5.41) is 3.29. The molecular weight excluding hydrogens is 381 g/mol. The second-order valence-corrected chi connectivity index (χ2v) is 9.49. The smallest absolute Gasteiger partial charge is 0.226 e. The molecule has 2 bridgehead atoms. The Morgan fingerprint density at radius 1 is 1.13 bits per heavy atom. The Labute approximate surface area is 179 Å². The molecule has 1 aromatic rings. The molecule has 5 heteroatoms. The van der Waals surface area contributed by atoms with Gasteiger partial charge in [0, 0.05) is 18.6 Å². The zero-order chi connectivity index (χ0) is 21.2. The first-order chi connectivity index (χ1) is 14.5. The van der Waals surface area contributed by atoms with Gasteiger partial charge in [-0.25, -0.2) is 4.39 Å². The van der Waals surface area contributed by atoms with Crippen LogP contribution in [0.15, 0.2) is 36.2 Å². The topological polar surface area (TPSA) is 47.6 Å². The number of ether oxygens (including phenoxy) is 2. The molecule has 1 N–H and O–H groups in total. The molecule has 0 spiro atoms. The molecule has 0 radical (unpaired) electrons. The van der Waals surface area contributed by atoms with Crippen LogP contribution in [-0.2, 0) is 14.9 Å². The third-order valence-corrected chi connectivity index (χ3v) is 7.99. The highest BCUT2D eigenvalue weighted by molar-refractivity contribution is 5.83. The van der Waals surface area contributed by atoms with Crippen LogP contribution in [0.2, 0.25) is 0 Å². The number of halogens is 1. The van der Waals surface area contributed by atoms with Crippen molar-refractivity contribution in [3.05, 3.63) is 41.7 Å². The Hall–Kier alpha value is -1.88. The SMILES string of the molecule is CC/C(=C\F)COc1ccc(C23CCC(C(=O)NC4CC(OC)C4)(CC2)CC3)cc1. The lowest BCUT2D eigenvalue weighted by Crippen LogP contribution is -2.56. The lowest BCUT2D eigenvalue weighted by molar-refractivity contribution is -0.140. The molecule has 0 unspecified atom stereocenters. The van der Waals surface area contributed by atoms with Gasteiger partial charge < -0.3 is 14.8 Å². The second kappa shape index (κ2) is 8.70. The van der Waals surface area contributed by atoms with E-state index >= 15 is 0 Å². The van der Waals surface area contributed by atoms with Gasteiger partial charge >= 0.3 is 0 Å². The number of hydrogen-bond donors (Lipinski definition) is 1. The van der Waals surface area contributed by atoms with Crippen LogP contribution in [0.25, 0.3) is 0 Å². The number of methoxy groups -OCH3 is 1. The molecule has 5 rings (SSSR count). The van der Waals surface area contributed by atoms with E-state index in [4.69, 9.17) is 9.47 Å². The third kappa shape index (κ3) is 4.01. The summed E-state index contributed by atoms with van der Waals surface area (Å²) in [5.41, 5.74) is 2.03. The van der Waals surface area contributed by atoms with Crippen molar-refractivity contribution in [1.29, 1.82) is 0 Å². The quantitative estimate of drug-likeness (QED) is 0.634. The zero-order valence-electron chi connectivity index (χ0n) is 18.2. The van der Waals surface area contributed by atoms with Gasteiger partial charge in [-0.3, -0.25) is 4.79 Å². The van der Waals surface area contributed by atoms with Crippen molar-refractivity contribution in [2.24, 2.45) is 5.41 Å². The van der Waals surface area contributed by atoms with Crippen LogP contribution >= 0.6 is 0 Å². The van der Waals surface area contributed by atoms with Crippen LogP contribution < -0.4 is 10.1 Å². The van der Waals surface area contributed by atoms with Crippen molar-refractivity contribution in [2.45, 2.75) is 82.3 Å². The Morgan fingerprint density at radius 2 is 1.77 bits per heavy atom. The molecule has 164 valence electrons. The predicted molar refractivity (Wildman–Crippen MR) is 115 cm³/mol. The number of carbonyl (C=O) groups is 1. The zero-order valence-corrected chi connectivity index (χ0v) is 18.2. The van der Waals surface area contributed by atoms with E-state index in [0.29, 0.717) is 37.1 Å². The van der Waals surface area contributed by atoms with Crippen molar-refractivity contribution < 1.29 is 18.7 Å². The molecule has 4 fully saturated rings. The summed E-state index contributed by atoms with van der Waals surface area (Å²) in [6.07, 6.45) is 9.60. The lowest BCUT2D eigenvalue weighted by atomic mass is 9.51. The van der Waals surface area contributed by atoms with Gasteiger partial charge in [-0.05, 0) is 86.5 Å². The van der Waals surface area contributed by atoms with Crippen LogP contribution in [0.3, 0.4) is 0 Å². The summed E-state index contributed by atoms with van der Waals surface area (Å²) in [6.45, 7) is 2.22. The first-order valence-electron chi connectivity index (χ1n) is 11.4. The maximum atomic E-state index is 13.0. The first-order valence-corrected chi connectivity index (χ1v) is 11.4. The van der Waals surface area contributed by atoms with Gasteiger partial charge in [-0.2, -0.15) is 0 Å². The minimum atomic E-state index is -0.168. The largest absolute Gasteiger partial charge is 0.489 e. The van der Waals surface area contributed by atoms with Crippen LogP contribution in [0, 0.1) is 5.41 Å². The predicted octanol–water partition coefficient (Wildman–Crippen LogP) is 5.21. The van der Waals surface area contributed by atoms with E-state index < -0.39 is 0 Å². The van der Waals surface area contributed by atoms with Crippen molar-refractivity contribution in [2.75, 3.05) is 13.7 Å². The van der Waals surface area contributed by atoms with Gasteiger partial charge in [0.15, 0.2) is 0 Å². The monoisotopic (exact) mass is 415 g/mol. The standard InChI is InChI=1S/C25H34FNO3/c1-3-18(16-26)17-30-21-6-4-19(5-7-21)24-8-11-25(12-9-24,13-10-24)23(28)27-20-14-22(15-20)29-2/h4-7,16,20,22H,3,8-15,17H2,1-2H3,(H,27,28)/b18-16+. The average molecular weight is 416 g/mol. The highest BCUT2D eigenvalue weighted by atomic mass is 19.1. The van der Waals surface area contributed by atoms with E-state index in [-0.39, 0.29) is 16.7 Å². The lowest BCUT2D eigenvalue weighted by Gasteiger charge is -2.53. The van der Waals surface area contributed by atoms with E-state index in [1.807, 2.05) is 19.1 Å². The van der Waals surface area contributed by atoms with Crippen molar-refractivity contribution in [3.8, 4) is 5.75 Å². The minimum Gasteiger partial charge on any atom is -0.489 e. The van der Waals surface area contributed by atoms with Crippen LogP contribution in [0.4, 0.5) is 4.39 Å². The second-order valence-electron chi connectivity index (χ2n) is 9.49. The summed E-state index contributed by atoms with van der Waals surface area (Å²) in [5.74, 6) is 1.05. The van der Waals surface area contributed by atoms with Gasteiger partial charge in [-0.15, -0.1) is 0 Å². The molecule has 1 aromatic carbocycles. The van der Waals surface area contributed by atoms with E-state index in [9.17, 15) is 9.18 Å². The fourth-order valence-electron chi connectivity index (χ4n) is 5.47. The molecular formula is C25H34FNO3. The molecule has 0 atom stereocenters. The number of rotatable bonds is 8. The normalized spacial score (nSPS) is 33.1. The van der Waals surface area contributed by atoms with E-state index in [2.05, 4.69) is 17.4 Å². The number of benzene rings is 1. The molecule has 0 aliphatic heterocycles. The summed E-state index contributed by atoms with van der Waals surface area (Å²) >= 11 is 0. The van der Waals surface area contributed by atoms with Crippen LogP contribution in [0.5, 0.6) is 5.75 Å². The molecule has 0 saturated heterocycles. The van der Waals surface area contributed by atoms with Gasteiger partial charge in [0.2, 0.25) is 5.91 Å². The van der Waals surface area contributed by atoms with Crippen LogP contribution in [0.1, 0.15) is 70.3 Å². The molecule has 4 aliphatic carbocycles. The summed E-state index contributed by atoms with van der Waals surface area (Å²) in [7, 11) is 1.74. The van der Waals surface area contributed by atoms with E-state index in [1.54, 1.807) is 7.11 Å². The van der Waals surface area contributed by atoms with Crippen LogP contribution in [-0.4, -0.2) is 31.8 Å². The highest BCUT2D eigenvalue weighted by Crippen LogP contribution is 2.58. The Bertz CT molecular complexity index is 758. The molecule has 0 aromatic heterocycles. The Balaban J connectivity index is 1.34. The van der Waals surface area contributed by atoms with Crippen molar-refractivity contribution in [3.63, 3.8) is 0 Å². The van der Waals surface area contributed by atoms with Gasteiger partial charge in [0.1, 0.15) is 12.4 Å². The molecule has 4 saturated carbocycles. The number of amides is 1. The molecule has 1 amide bonds. The highest BCUT2D eigenvalue weighted by Gasteiger charge is 2.53.